The normalized spacial score (nSPS) is 15.7. The van der Waals surface area contributed by atoms with Gasteiger partial charge in [0.2, 0.25) is 5.12 Å². The Balaban J connectivity index is 2.43. The summed E-state index contributed by atoms with van der Waals surface area (Å²) in [6.45, 7) is 3.58. The first kappa shape index (κ1) is 18.1. The largest absolute Gasteiger partial charge is 0.490 e. The number of hydrogen-bond donors (Lipinski definition) is 0. The van der Waals surface area contributed by atoms with Crippen LogP contribution in [0.2, 0.25) is 0 Å². The van der Waals surface area contributed by atoms with Crippen molar-refractivity contribution in [1.82, 2.24) is 0 Å². The lowest BCUT2D eigenvalue weighted by molar-refractivity contribution is -0.132. The molecule has 0 radical (unpaired) electrons. The average Bonchev–Trinajstić information content (AvgIpc) is 2.83. The van der Waals surface area contributed by atoms with Gasteiger partial charge in [-0.2, -0.15) is 0 Å². The lowest BCUT2D eigenvalue weighted by Crippen LogP contribution is -2.05. The molecule has 0 spiro atoms. The molecule has 0 amide bonds. The predicted octanol–water partition coefficient (Wildman–Crippen LogP) is 4.11. The van der Waals surface area contributed by atoms with Crippen molar-refractivity contribution in [1.29, 1.82) is 0 Å². The first-order chi connectivity index (χ1) is 10.9. The monoisotopic (exact) mass is 415 g/mol. The molecule has 1 aliphatic rings. The Hall–Kier alpha value is -1.25. The van der Waals surface area contributed by atoms with E-state index in [1.54, 1.807) is 18.2 Å². The third kappa shape index (κ3) is 4.62. The van der Waals surface area contributed by atoms with Crippen molar-refractivity contribution in [3.8, 4) is 11.5 Å². The van der Waals surface area contributed by atoms with E-state index in [-0.39, 0.29) is 5.12 Å². The van der Waals surface area contributed by atoms with Crippen LogP contribution in [0.3, 0.4) is 0 Å². The summed E-state index contributed by atoms with van der Waals surface area (Å²) in [6.07, 6.45) is 3.56. The standard InChI is InChI=1S/C15H14BrNO4S2/c1-4-20-12-7-9(5-10(16)13(12)21-8(2)18)6-11-14(19)23-15(17-11)22-3/h5-7H,4H2,1-3H3. The third-order valence-corrected chi connectivity index (χ3v) is 5.10. The summed E-state index contributed by atoms with van der Waals surface area (Å²) < 4.78 is 12.0. The molecule has 8 heteroatoms. The van der Waals surface area contributed by atoms with E-state index in [0.29, 0.717) is 28.3 Å². The second-order valence-electron chi connectivity index (χ2n) is 4.36. The number of aliphatic imine (C=N–C) groups is 1. The van der Waals surface area contributed by atoms with E-state index in [1.165, 1.54) is 18.7 Å². The highest BCUT2D eigenvalue weighted by molar-refractivity contribution is 9.10. The summed E-state index contributed by atoms with van der Waals surface area (Å²) in [7, 11) is 0. The van der Waals surface area contributed by atoms with E-state index in [2.05, 4.69) is 20.9 Å². The van der Waals surface area contributed by atoms with E-state index in [0.717, 1.165) is 21.7 Å². The molecular weight excluding hydrogens is 402 g/mol. The fourth-order valence-corrected chi connectivity index (χ4v) is 3.61. The molecule has 5 nitrogen and oxygen atoms in total. The van der Waals surface area contributed by atoms with E-state index < -0.39 is 5.97 Å². The number of halogens is 1. The molecule has 0 aromatic heterocycles. The molecule has 0 bridgehead atoms. The van der Waals surface area contributed by atoms with Crippen LogP contribution >= 0.6 is 39.5 Å². The topological polar surface area (TPSA) is 65.0 Å². The maximum atomic E-state index is 11.9. The van der Waals surface area contributed by atoms with Gasteiger partial charge in [0.1, 0.15) is 10.1 Å². The van der Waals surface area contributed by atoms with Crippen LogP contribution in [0.4, 0.5) is 0 Å². The Kier molecular flexibility index (Phi) is 6.32. The highest BCUT2D eigenvalue weighted by Gasteiger charge is 2.22. The van der Waals surface area contributed by atoms with Gasteiger partial charge in [0.25, 0.3) is 0 Å². The fraction of sp³-hybridized carbons (Fsp3) is 0.267. The number of thioether (sulfide) groups is 2. The molecule has 0 fully saturated rings. The van der Waals surface area contributed by atoms with Crippen LogP contribution in [-0.4, -0.2) is 28.3 Å². The number of esters is 1. The summed E-state index contributed by atoms with van der Waals surface area (Å²) in [5.74, 6) is 0.312. The van der Waals surface area contributed by atoms with Crippen molar-refractivity contribution >= 4 is 61.0 Å². The Bertz CT molecular complexity index is 716. The molecule has 23 heavy (non-hydrogen) atoms. The number of ether oxygens (including phenoxy) is 2. The highest BCUT2D eigenvalue weighted by Crippen LogP contribution is 2.38. The molecule has 0 N–H and O–H groups in total. The van der Waals surface area contributed by atoms with E-state index in [4.69, 9.17) is 9.47 Å². The number of carbonyl (C=O) groups excluding carboxylic acids is 2. The fourth-order valence-electron chi connectivity index (χ4n) is 1.81. The van der Waals surface area contributed by atoms with Gasteiger partial charge in [0.05, 0.1) is 11.1 Å². The zero-order valence-electron chi connectivity index (χ0n) is 12.7. The quantitative estimate of drug-likeness (QED) is 0.418. The van der Waals surface area contributed by atoms with Gasteiger partial charge in [0.15, 0.2) is 11.5 Å². The van der Waals surface area contributed by atoms with Crippen LogP contribution in [0.5, 0.6) is 11.5 Å². The second-order valence-corrected chi connectivity index (χ2v) is 7.23. The van der Waals surface area contributed by atoms with Gasteiger partial charge >= 0.3 is 5.97 Å². The smallest absolute Gasteiger partial charge is 0.308 e. The summed E-state index contributed by atoms with van der Waals surface area (Å²) >= 11 is 5.92. The summed E-state index contributed by atoms with van der Waals surface area (Å²) in [4.78, 5) is 27.4. The molecule has 0 aliphatic carbocycles. The second kappa shape index (κ2) is 8.03. The summed E-state index contributed by atoms with van der Waals surface area (Å²) in [5.41, 5.74) is 1.11. The molecule has 2 rings (SSSR count). The minimum absolute atomic E-state index is 0.0903. The van der Waals surface area contributed by atoms with Crippen LogP contribution in [0.1, 0.15) is 19.4 Å². The van der Waals surface area contributed by atoms with Crippen molar-refractivity contribution in [3.63, 3.8) is 0 Å². The maximum Gasteiger partial charge on any atom is 0.308 e. The zero-order chi connectivity index (χ0) is 17.0. The molecule has 0 atom stereocenters. The van der Waals surface area contributed by atoms with Crippen LogP contribution in [-0.2, 0) is 9.59 Å². The van der Waals surface area contributed by atoms with E-state index in [9.17, 15) is 9.59 Å². The number of benzene rings is 1. The first-order valence-corrected chi connectivity index (χ1v) is 9.49. The van der Waals surface area contributed by atoms with E-state index >= 15 is 0 Å². The molecule has 122 valence electrons. The van der Waals surface area contributed by atoms with Crippen LogP contribution in [0.25, 0.3) is 6.08 Å². The zero-order valence-corrected chi connectivity index (χ0v) is 15.9. The molecule has 1 aromatic rings. The molecule has 0 saturated heterocycles. The summed E-state index contributed by atoms with van der Waals surface area (Å²) in [5, 5.41) is -0.0903. The molecule has 1 aliphatic heterocycles. The highest BCUT2D eigenvalue weighted by atomic mass is 79.9. The first-order valence-electron chi connectivity index (χ1n) is 6.66. The average molecular weight is 416 g/mol. The molecule has 1 heterocycles. The minimum atomic E-state index is -0.436. The molecule has 0 saturated carbocycles. The van der Waals surface area contributed by atoms with Crippen molar-refractivity contribution in [2.75, 3.05) is 12.9 Å². The maximum absolute atomic E-state index is 11.9. The number of carbonyl (C=O) groups is 2. The molecular formula is C15H14BrNO4S2. The minimum Gasteiger partial charge on any atom is -0.490 e. The van der Waals surface area contributed by atoms with Gasteiger partial charge in [-0.25, -0.2) is 4.99 Å². The molecule has 1 aromatic carbocycles. The Morgan fingerprint density at radius 3 is 2.78 bits per heavy atom. The number of rotatable bonds is 4. The SMILES string of the molecule is CCOc1cc(C=C2N=C(SC)SC2=O)cc(Br)c1OC(C)=O. The van der Waals surface area contributed by atoms with E-state index in [1.807, 2.05) is 13.2 Å². The van der Waals surface area contributed by atoms with Gasteiger partial charge < -0.3 is 9.47 Å². The van der Waals surface area contributed by atoms with Crippen molar-refractivity contribution in [2.45, 2.75) is 13.8 Å². The molecule has 0 unspecified atom stereocenters. The number of nitrogens with zero attached hydrogens (tertiary/aromatic N) is 1. The lowest BCUT2D eigenvalue weighted by Gasteiger charge is -2.12. The van der Waals surface area contributed by atoms with Crippen molar-refractivity contribution < 1.29 is 19.1 Å². The van der Waals surface area contributed by atoms with Gasteiger partial charge in [-0.05, 0) is 64.6 Å². The third-order valence-electron chi connectivity index (χ3n) is 2.66. The van der Waals surface area contributed by atoms with Gasteiger partial charge in [-0.3, -0.25) is 9.59 Å². The van der Waals surface area contributed by atoms with Crippen molar-refractivity contribution in [2.24, 2.45) is 4.99 Å². The predicted molar refractivity (Wildman–Crippen MR) is 98.1 cm³/mol. The number of hydrogen-bond acceptors (Lipinski definition) is 7. The Morgan fingerprint density at radius 1 is 1.48 bits per heavy atom. The van der Waals surface area contributed by atoms with Crippen molar-refractivity contribution in [3.05, 3.63) is 27.9 Å². The lowest BCUT2D eigenvalue weighted by atomic mass is 10.1. The van der Waals surface area contributed by atoms with Gasteiger partial charge in [-0.15, -0.1) is 11.8 Å². The van der Waals surface area contributed by atoms with Crippen LogP contribution in [0.15, 0.2) is 27.3 Å². The van der Waals surface area contributed by atoms with Crippen LogP contribution < -0.4 is 9.47 Å². The summed E-state index contributed by atoms with van der Waals surface area (Å²) in [6, 6.07) is 3.46. The Morgan fingerprint density at radius 2 is 2.22 bits per heavy atom. The van der Waals surface area contributed by atoms with Gasteiger partial charge in [0, 0.05) is 6.92 Å². The van der Waals surface area contributed by atoms with Crippen LogP contribution in [0, 0.1) is 0 Å². The van der Waals surface area contributed by atoms with Gasteiger partial charge in [-0.1, -0.05) is 0 Å². The Labute approximate surface area is 151 Å².